The molecule has 1 aromatic rings. The maximum absolute atomic E-state index is 13.3. The Morgan fingerprint density at radius 1 is 1.31 bits per heavy atom. The van der Waals surface area contributed by atoms with Crippen LogP contribution in [0.1, 0.15) is 45.1 Å². The average molecular weight is 661 g/mol. The quantitative estimate of drug-likeness (QED) is 0.121. The van der Waals surface area contributed by atoms with Gasteiger partial charge in [-0.2, -0.15) is 0 Å². The van der Waals surface area contributed by atoms with Gasteiger partial charge >= 0.3 is 0 Å². The minimum atomic E-state index is -1.16. The zero-order chi connectivity index (χ0) is 28.9. The van der Waals surface area contributed by atoms with Gasteiger partial charge in [0.1, 0.15) is 12.2 Å². The minimum absolute atomic E-state index is 0.0485. The Morgan fingerprint density at radius 3 is 2.67 bits per heavy atom. The normalized spacial score (nSPS) is 18.9. The van der Waals surface area contributed by atoms with Gasteiger partial charge in [-0.3, -0.25) is 9.59 Å². The van der Waals surface area contributed by atoms with Crippen molar-refractivity contribution in [3.05, 3.63) is 45.6 Å². The van der Waals surface area contributed by atoms with Gasteiger partial charge in [0.05, 0.1) is 36.0 Å². The van der Waals surface area contributed by atoms with Crippen molar-refractivity contribution in [3.8, 4) is 11.5 Å². The zero-order valence-electron chi connectivity index (χ0n) is 22.9. The highest BCUT2D eigenvalue weighted by Crippen LogP contribution is 2.37. The standard InChI is InChI=1S/C28H41IN2O8/c1-5-6-8-25(34)31(10-7-12-38-18(2)3)22-15-20(28(36)30-9-11-32)16-23(26(22)35)39-27-21(29)13-19(17-33)14-24(27)37-4/h5,13-14,16,18,22-23,26,32-33,35H,1,6-12,15,17H2,2-4H3,(H,30,36). The third-order valence-corrected chi connectivity index (χ3v) is 7.02. The number of carbonyl (C=O) groups is 2. The molecule has 218 valence electrons. The summed E-state index contributed by atoms with van der Waals surface area (Å²) in [6.07, 6.45) is 2.49. The van der Waals surface area contributed by atoms with E-state index < -0.39 is 24.2 Å². The Bertz CT molecular complexity index is 1000. The molecule has 0 heterocycles. The third-order valence-electron chi connectivity index (χ3n) is 6.22. The fourth-order valence-electron chi connectivity index (χ4n) is 4.29. The number of amides is 2. The molecule has 3 unspecified atom stereocenters. The first-order valence-corrected chi connectivity index (χ1v) is 14.2. The van der Waals surface area contributed by atoms with E-state index in [2.05, 4.69) is 34.5 Å². The molecule has 0 saturated carbocycles. The maximum atomic E-state index is 13.3. The molecule has 10 nitrogen and oxygen atoms in total. The van der Waals surface area contributed by atoms with Crippen LogP contribution in [-0.2, 0) is 20.9 Å². The third kappa shape index (κ3) is 9.75. The van der Waals surface area contributed by atoms with E-state index in [1.165, 1.54) is 7.11 Å². The van der Waals surface area contributed by atoms with Gasteiger partial charge < -0.3 is 39.7 Å². The monoisotopic (exact) mass is 660 g/mol. The number of hydrogen-bond acceptors (Lipinski definition) is 8. The molecule has 1 aromatic carbocycles. The highest BCUT2D eigenvalue weighted by Gasteiger charge is 2.40. The topological polar surface area (TPSA) is 138 Å². The summed E-state index contributed by atoms with van der Waals surface area (Å²) in [6.45, 7) is 8.01. The summed E-state index contributed by atoms with van der Waals surface area (Å²) in [4.78, 5) is 27.9. The molecule has 2 rings (SSSR count). The van der Waals surface area contributed by atoms with E-state index in [4.69, 9.17) is 14.2 Å². The summed E-state index contributed by atoms with van der Waals surface area (Å²) in [6, 6.07) is 2.64. The van der Waals surface area contributed by atoms with Gasteiger partial charge in [0, 0.05) is 38.1 Å². The van der Waals surface area contributed by atoms with Crippen molar-refractivity contribution in [2.24, 2.45) is 0 Å². The van der Waals surface area contributed by atoms with E-state index in [0.29, 0.717) is 52.2 Å². The molecule has 4 N–H and O–H groups in total. The van der Waals surface area contributed by atoms with Gasteiger partial charge in [-0.25, -0.2) is 0 Å². The van der Waals surface area contributed by atoms with Crippen LogP contribution in [0.2, 0.25) is 0 Å². The van der Waals surface area contributed by atoms with Crippen molar-refractivity contribution in [1.82, 2.24) is 10.2 Å². The van der Waals surface area contributed by atoms with E-state index in [0.717, 1.165) is 0 Å². The van der Waals surface area contributed by atoms with Crippen LogP contribution < -0.4 is 14.8 Å². The molecule has 0 radical (unpaired) electrons. The molecule has 0 fully saturated rings. The summed E-state index contributed by atoms with van der Waals surface area (Å²) >= 11 is 2.06. The lowest BCUT2D eigenvalue weighted by Gasteiger charge is -2.40. The first-order chi connectivity index (χ1) is 18.7. The molecule has 3 atom stereocenters. The second-order valence-corrected chi connectivity index (χ2v) is 10.6. The van der Waals surface area contributed by atoms with Gasteiger partial charge in [-0.05, 0) is 73.1 Å². The predicted molar refractivity (Wildman–Crippen MR) is 155 cm³/mol. The minimum Gasteiger partial charge on any atom is -0.493 e. The highest BCUT2D eigenvalue weighted by molar-refractivity contribution is 14.1. The number of nitrogens with one attached hydrogen (secondary N) is 1. The Hall–Kier alpha value is -2.19. The number of aliphatic hydroxyl groups excluding tert-OH is 3. The van der Waals surface area contributed by atoms with Gasteiger partial charge in [0.2, 0.25) is 11.8 Å². The Morgan fingerprint density at radius 2 is 2.05 bits per heavy atom. The van der Waals surface area contributed by atoms with Crippen molar-refractivity contribution in [1.29, 1.82) is 0 Å². The number of rotatable bonds is 16. The number of benzene rings is 1. The number of allylic oxidation sites excluding steroid dienone is 1. The Labute approximate surface area is 244 Å². The van der Waals surface area contributed by atoms with Crippen LogP contribution >= 0.6 is 22.6 Å². The predicted octanol–water partition coefficient (Wildman–Crippen LogP) is 2.32. The van der Waals surface area contributed by atoms with E-state index in [1.54, 1.807) is 29.2 Å². The van der Waals surface area contributed by atoms with Crippen molar-refractivity contribution in [2.45, 2.75) is 70.5 Å². The average Bonchev–Trinajstić information content (AvgIpc) is 2.92. The summed E-state index contributed by atoms with van der Waals surface area (Å²) < 4.78 is 18.0. The number of nitrogens with zero attached hydrogens (tertiary/aromatic N) is 1. The highest BCUT2D eigenvalue weighted by atomic mass is 127. The fraction of sp³-hybridized carbons (Fsp3) is 0.571. The SMILES string of the molecule is C=CCCC(=O)N(CCCOC(C)C)C1CC(C(=O)NCCO)=CC(Oc2c(I)cc(CO)cc2OC)C1O. The lowest BCUT2D eigenvalue weighted by Crippen LogP contribution is -2.55. The number of methoxy groups -OCH3 is 1. The molecule has 1 aliphatic carbocycles. The molecular weight excluding hydrogens is 619 g/mol. The van der Waals surface area contributed by atoms with Gasteiger partial charge in [-0.1, -0.05) is 6.08 Å². The molecule has 11 heteroatoms. The largest absolute Gasteiger partial charge is 0.493 e. The number of aliphatic hydroxyl groups is 3. The molecular formula is C28H41IN2O8. The van der Waals surface area contributed by atoms with Crippen LogP contribution in [0.25, 0.3) is 0 Å². The number of hydrogen-bond donors (Lipinski definition) is 4. The van der Waals surface area contributed by atoms with Gasteiger partial charge in [-0.15, -0.1) is 6.58 Å². The molecule has 2 amide bonds. The maximum Gasteiger partial charge on any atom is 0.247 e. The van der Waals surface area contributed by atoms with E-state index >= 15 is 0 Å². The Kier molecular flexibility index (Phi) is 14.2. The van der Waals surface area contributed by atoms with Gasteiger partial charge in [0.25, 0.3) is 0 Å². The lowest BCUT2D eigenvalue weighted by molar-refractivity contribution is -0.138. The number of carbonyl (C=O) groups excluding carboxylic acids is 2. The molecule has 0 saturated heterocycles. The second kappa shape index (κ2) is 16.8. The first-order valence-electron chi connectivity index (χ1n) is 13.1. The number of ether oxygens (including phenoxy) is 3. The van der Waals surface area contributed by atoms with Crippen molar-refractivity contribution < 1.29 is 39.1 Å². The van der Waals surface area contributed by atoms with E-state index in [9.17, 15) is 24.9 Å². The molecule has 0 spiro atoms. The van der Waals surface area contributed by atoms with Crippen LogP contribution in [0.15, 0.2) is 36.4 Å². The smallest absolute Gasteiger partial charge is 0.247 e. The summed E-state index contributed by atoms with van der Waals surface area (Å²) in [5.74, 6) is 0.137. The second-order valence-electron chi connectivity index (χ2n) is 9.47. The van der Waals surface area contributed by atoms with Crippen molar-refractivity contribution in [3.63, 3.8) is 0 Å². The van der Waals surface area contributed by atoms with Crippen molar-refractivity contribution >= 4 is 34.4 Å². The van der Waals surface area contributed by atoms with Crippen molar-refractivity contribution in [2.75, 3.05) is 33.4 Å². The summed E-state index contributed by atoms with van der Waals surface area (Å²) in [5, 5.41) is 32.9. The zero-order valence-corrected chi connectivity index (χ0v) is 25.1. The first kappa shape index (κ1) is 33.0. The van der Waals surface area contributed by atoms with Crippen LogP contribution in [0.4, 0.5) is 0 Å². The molecule has 0 bridgehead atoms. The molecule has 1 aliphatic rings. The van der Waals surface area contributed by atoms with E-state index in [-0.39, 0.29) is 44.6 Å². The van der Waals surface area contributed by atoms with Crippen LogP contribution in [0.3, 0.4) is 0 Å². The Balaban J connectivity index is 2.45. The fourth-order valence-corrected chi connectivity index (χ4v) is 5.09. The number of halogens is 1. The molecule has 0 aliphatic heterocycles. The molecule has 0 aromatic heterocycles. The summed E-state index contributed by atoms with van der Waals surface area (Å²) in [7, 11) is 1.47. The van der Waals surface area contributed by atoms with Crippen LogP contribution in [0.5, 0.6) is 11.5 Å². The lowest BCUT2D eigenvalue weighted by atomic mass is 9.87. The summed E-state index contributed by atoms with van der Waals surface area (Å²) in [5.41, 5.74) is 0.970. The molecule has 39 heavy (non-hydrogen) atoms. The van der Waals surface area contributed by atoms with Gasteiger partial charge in [0.15, 0.2) is 11.5 Å². The van der Waals surface area contributed by atoms with Crippen LogP contribution in [0, 0.1) is 3.57 Å². The van der Waals surface area contributed by atoms with E-state index in [1.807, 2.05) is 13.8 Å². The van der Waals surface area contributed by atoms with Crippen LogP contribution in [-0.4, -0.2) is 89.8 Å².